The van der Waals surface area contributed by atoms with Gasteiger partial charge in [-0.2, -0.15) is 0 Å². The van der Waals surface area contributed by atoms with Gasteiger partial charge in [-0.1, -0.05) is 182 Å². The summed E-state index contributed by atoms with van der Waals surface area (Å²) in [5.41, 5.74) is 10.7. The summed E-state index contributed by atoms with van der Waals surface area (Å²) in [5, 5.41) is 2.48. The van der Waals surface area contributed by atoms with Gasteiger partial charge in [0.05, 0.1) is 11.1 Å². The highest BCUT2D eigenvalue weighted by Crippen LogP contribution is 2.47. The summed E-state index contributed by atoms with van der Waals surface area (Å²) in [6.07, 6.45) is 24.2. The highest BCUT2D eigenvalue weighted by molar-refractivity contribution is 7.27. The Morgan fingerprint density at radius 2 is 0.870 bits per heavy atom. The van der Waals surface area contributed by atoms with Crippen LogP contribution < -0.4 is 20.1 Å². The maximum atomic E-state index is 7.35. The monoisotopic (exact) mass is 957 g/mol. The number of nitrogens with zero attached hydrogens (tertiary/aromatic N) is 2. The van der Waals surface area contributed by atoms with E-state index in [1.165, 1.54) is 132 Å². The molecular formula is C63H78N2O2P2+2. The Hall–Kier alpha value is -4.88. The maximum absolute atomic E-state index is 7.35. The fourth-order valence-electron chi connectivity index (χ4n) is 11.2. The molecule has 0 bridgehead atoms. The second kappa shape index (κ2) is 24.8. The summed E-state index contributed by atoms with van der Waals surface area (Å²) >= 11 is 0. The minimum atomic E-state index is -0.993. The Kier molecular flexibility index (Phi) is 18.1. The van der Waals surface area contributed by atoms with E-state index < -0.39 is 6.03 Å². The third-order valence-electron chi connectivity index (χ3n) is 14.8. The number of rotatable bonds is 16. The fourth-order valence-corrected chi connectivity index (χ4v) is 11.6. The minimum absolute atomic E-state index is 0.352. The van der Waals surface area contributed by atoms with Crippen LogP contribution in [-0.4, -0.2) is 39.7 Å². The molecule has 6 aromatic carbocycles. The van der Waals surface area contributed by atoms with Crippen LogP contribution in [0, 0.1) is 13.8 Å². The van der Waals surface area contributed by atoms with E-state index in [4.69, 9.17) is 9.47 Å². The quantitative estimate of drug-likeness (QED) is 0.0713. The molecule has 6 heteroatoms. The van der Waals surface area contributed by atoms with Gasteiger partial charge in [0, 0.05) is 12.8 Å². The third kappa shape index (κ3) is 12.7. The Bertz CT molecular complexity index is 2520. The number of benzene rings is 6. The molecule has 0 amide bonds. The topological polar surface area (TPSA) is 24.5 Å². The van der Waals surface area contributed by atoms with Gasteiger partial charge in [0.2, 0.25) is 12.1 Å². The van der Waals surface area contributed by atoms with E-state index in [0.29, 0.717) is 23.9 Å². The average Bonchev–Trinajstić information content (AvgIpc) is 3.65. The molecule has 0 aromatic heterocycles. The van der Waals surface area contributed by atoms with E-state index in [0.717, 1.165) is 37.2 Å². The zero-order valence-corrected chi connectivity index (χ0v) is 44.3. The summed E-state index contributed by atoms with van der Waals surface area (Å²) in [5.74, 6) is 3.06. The number of ether oxygens (including phenoxy) is 2. The van der Waals surface area contributed by atoms with Gasteiger partial charge in [0.15, 0.2) is 23.9 Å². The van der Waals surface area contributed by atoms with Crippen LogP contribution in [0.3, 0.4) is 0 Å². The second-order valence-corrected chi connectivity index (χ2v) is 21.3. The number of hydrogen-bond donors (Lipinski definition) is 0. The van der Waals surface area contributed by atoms with Crippen LogP contribution in [0.15, 0.2) is 146 Å². The van der Waals surface area contributed by atoms with E-state index in [-0.39, 0.29) is 0 Å². The molecule has 5 atom stereocenters. The molecule has 1 aliphatic carbocycles. The largest absolute Gasteiger partial charge is 0.704 e. The summed E-state index contributed by atoms with van der Waals surface area (Å²) in [4.78, 5) is 0. The van der Waals surface area contributed by atoms with Crippen LogP contribution >= 0.6 is 18.5 Å². The fraction of sp³-hybridized carbons (Fsp3) is 0.397. The Morgan fingerprint density at radius 1 is 0.507 bits per heavy atom. The molecular weight excluding hydrogens is 879 g/mol. The van der Waals surface area contributed by atoms with Crippen molar-refractivity contribution in [1.82, 2.24) is 0 Å². The van der Waals surface area contributed by atoms with Gasteiger partial charge in [-0.05, 0) is 146 Å². The summed E-state index contributed by atoms with van der Waals surface area (Å²) in [6, 6.07) is 51.8. The molecule has 2 fully saturated rings. The number of aryl methyl sites for hydroxylation is 4. The molecule has 4 aliphatic rings. The minimum Gasteiger partial charge on any atom is -0.340 e. The first-order valence-corrected chi connectivity index (χ1v) is 27.5. The van der Waals surface area contributed by atoms with Crippen molar-refractivity contribution in [2.24, 2.45) is 0 Å². The van der Waals surface area contributed by atoms with E-state index >= 15 is 0 Å². The zero-order valence-electron chi connectivity index (χ0n) is 42.0. The molecule has 1 saturated carbocycles. The van der Waals surface area contributed by atoms with Crippen molar-refractivity contribution >= 4 is 41.5 Å². The van der Waals surface area contributed by atoms with Gasteiger partial charge in [0.25, 0.3) is 0 Å². The van der Waals surface area contributed by atoms with E-state index in [1.54, 1.807) is 0 Å². The van der Waals surface area contributed by atoms with Gasteiger partial charge in [-0.15, -0.1) is 18.5 Å². The molecule has 3 heterocycles. The van der Waals surface area contributed by atoms with Crippen molar-refractivity contribution in [2.75, 3.05) is 0 Å². The van der Waals surface area contributed by atoms with Crippen LogP contribution in [0.2, 0.25) is 0 Å². The summed E-state index contributed by atoms with van der Waals surface area (Å²) in [7, 11) is 5.26. The lowest BCUT2D eigenvalue weighted by Crippen LogP contribution is -2.60. The Morgan fingerprint density at radius 3 is 1.22 bits per heavy atom. The third-order valence-corrected chi connectivity index (χ3v) is 15.6. The highest BCUT2D eigenvalue weighted by atomic mass is 31.0. The normalized spacial score (nSPS) is 18.3. The molecule has 0 radical (unpaired) electrons. The standard InChI is InChI=1S/C51H64N2O2.2C6H7P/c1-5-7-25-41(26-8-6-2)43-31-37(3)49-45(33-43)35-52-47-29-15-16-30-48(47)53-36-46-34-44(32-38(4)50(46)55-51(52,53)54-49)42(27-17-23-39-19-11-9-12-20-39)28-18-24-40-21-13-10-14-22-40;2*7-6-4-2-1-3-5-6/h9-14,19-22,31-36,41-42,47-48H,5-8,15-18,23-30H2,1-4H3;2*1-5H,7H2/q+2;;. The number of fused-ring (bicyclic) bond motifs is 5. The van der Waals surface area contributed by atoms with E-state index in [1.807, 2.05) is 60.7 Å². The number of unbranched alkanes of at least 4 members (excludes halogenated alkanes) is 2. The zero-order chi connectivity index (χ0) is 48.0. The molecule has 69 heavy (non-hydrogen) atoms. The van der Waals surface area contributed by atoms with Gasteiger partial charge in [0.1, 0.15) is 0 Å². The maximum Gasteiger partial charge on any atom is 0.704 e. The van der Waals surface area contributed by atoms with Crippen molar-refractivity contribution in [2.45, 2.75) is 160 Å². The molecule has 5 unspecified atom stereocenters. The lowest BCUT2D eigenvalue weighted by atomic mass is 9.86. The first-order chi connectivity index (χ1) is 33.8. The predicted molar refractivity (Wildman–Crippen MR) is 298 cm³/mol. The van der Waals surface area contributed by atoms with Crippen molar-refractivity contribution in [3.63, 3.8) is 0 Å². The first kappa shape index (κ1) is 50.5. The van der Waals surface area contributed by atoms with Crippen molar-refractivity contribution in [1.29, 1.82) is 0 Å². The Labute approximate surface area is 420 Å². The van der Waals surface area contributed by atoms with Gasteiger partial charge in [-0.25, -0.2) is 0 Å². The Balaban J connectivity index is 0.000000393. The molecule has 0 N–H and O–H groups in total. The van der Waals surface area contributed by atoms with Crippen LogP contribution in [0.25, 0.3) is 0 Å². The predicted octanol–water partition coefficient (Wildman–Crippen LogP) is 14.6. The second-order valence-electron chi connectivity index (χ2n) is 20.0. The van der Waals surface area contributed by atoms with Crippen molar-refractivity contribution in [3.05, 3.63) is 190 Å². The van der Waals surface area contributed by atoms with Crippen LogP contribution in [0.1, 0.15) is 160 Å². The molecule has 3 aliphatic heterocycles. The van der Waals surface area contributed by atoms with E-state index in [2.05, 4.69) is 153 Å². The van der Waals surface area contributed by atoms with Gasteiger partial charge >= 0.3 is 6.03 Å². The lowest BCUT2D eigenvalue weighted by molar-refractivity contribution is -0.866. The summed E-state index contributed by atoms with van der Waals surface area (Å²) < 4.78 is 19.6. The van der Waals surface area contributed by atoms with Crippen LogP contribution in [0.5, 0.6) is 11.5 Å². The molecule has 360 valence electrons. The molecule has 10 rings (SSSR count). The van der Waals surface area contributed by atoms with Gasteiger partial charge in [-0.3, -0.25) is 0 Å². The smallest absolute Gasteiger partial charge is 0.340 e. The summed E-state index contributed by atoms with van der Waals surface area (Å²) in [6.45, 7) is 9.14. The average molecular weight is 957 g/mol. The first-order valence-electron chi connectivity index (χ1n) is 26.4. The molecule has 6 aromatic rings. The molecule has 4 nitrogen and oxygen atoms in total. The van der Waals surface area contributed by atoms with E-state index in [9.17, 15) is 0 Å². The van der Waals surface area contributed by atoms with Crippen LogP contribution in [0.4, 0.5) is 0 Å². The number of hydrogen-bond acceptors (Lipinski definition) is 2. The van der Waals surface area contributed by atoms with Crippen molar-refractivity contribution < 1.29 is 18.6 Å². The lowest BCUT2D eigenvalue weighted by Gasteiger charge is -2.30. The van der Waals surface area contributed by atoms with Crippen molar-refractivity contribution in [3.8, 4) is 11.5 Å². The van der Waals surface area contributed by atoms with Gasteiger partial charge < -0.3 is 9.47 Å². The van der Waals surface area contributed by atoms with Crippen LogP contribution in [-0.2, 0) is 12.8 Å². The highest BCUT2D eigenvalue weighted by Gasteiger charge is 2.76. The molecule has 1 saturated heterocycles. The SMILES string of the molecule is CCCCC(CCCC)c1cc(C)c2c(c1)C=[N+]1C3CCCCC3[N+]3=Cc4cc(C(CCCc5ccccc5)CCCc5ccccc5)cc(C)c4OC13O2.Pc1ccccc1.Pc1ccccc1. The molecule has 1 spiro atoms.